The standard InChI is InChI=1S/C30H37N5O4/c1-21-17-35(22(2)20-36)29(37)16-24-15-26(33-30(38)32-25-7-5-4-6-8-25)9-10-27(24)39-28(21)19-34(3)18-23-11-13-31-14-12-23/h4-15,21-22,28,36H,16-20H2,1-3H3,(H2,32,33,38)/t21-,22+,28-/m0/s1. The van der Waals surface area contributed by atoms with Crippen LogP contribution in [0.15, 0.2) is 73.1 Å². The maximum Gasteiger partial charge on any atom is 0.323 e. The van der Waals surface area contributed by atoms with Crippen molar-refractivity contribution in [3.05, 3.63) is 84.2 Å². The van der Waals surface area contributed by atoms with E-state index in [-0.39, 0.29) is 43.0 Å². The number of carbonyl (C=O) groups excluding carboxylic acids is 2. The van der Waals surface area contributed by atoms with Crippen LogP contribution in [0.4, 0.5) is 16.2 Å². The van der Waals surface area contributed by atoms with Crippen LogP contribution in [0.3, 0.4) is 0 Å². The van der Waals surface area contributed by atoms with Crippen LogP contribution < -0.4 is 15.4 Å². The quantitative estimate of drug-likeness (QED) is 0.406. The van der Waals surface area contributed by atoms with Crippen LogP contribution >= 0.6 is 0 Å². The summed E-state index contributed by atoms with van der Waals surface area (Å²) in [6.45, 7) is 5.63. The summed E-state index contributed by atoms with van der Waals surface area (Å²) in [5.74, 6) is 0.526. The Morgan fingerprint density at radius 3 is 2.56 bits per heavy atom. The molecule has 3 amide bonds. The van der Waals surface area contributed by atoms with E-state index < -0.39 is 0 Å². The molecular weight excluding hydrogens is 494 g/mol. The first-order chi connectivity index (χ1) is 18.8. The predicted molar refractivity (Wildman–Crippen MR) is 152 cm³/mol. The van der Waals surface area contributed by atoms with Gasteiger partial charge in [-0.1, -0.05) is 25.1 Å². The van der Waals surface area contributed by atoms with Gasteiger partial charge in [0.05, 0.1) is 19.1 Å². The van der Waals surface area contributed by atoms with Gasteiger partial charge in [-0.05, 0) is 62.0 Å². The van der Waals surface area contributed by atoms with Crippen LogP contribution in [0.2, 0.25) is 0 Å². The van der Waals surface area contributed by atoms with Crippen molar-refractivity contribution in [2.45, 2.75) is 39.0 Å². The van der Waals surface area contributed by atoms with Gasteiger partial charge in [0, 0.05) is 54.9 Å². The summed E-state index contributed by atoms with van der Waals surface area (Å²) in [5.41, 5.74) is 3.07. The summed E-state index contributed by atoms with van der Waals surface area (Å²) in [7, 11) is 2.04. The van der Waals surface area contributed by atoms with Crippen molar-refractivity contribution in [3.63, 3.8) is 0 Å². The van der Waals surface area contributed by atoms with E-state index in [9.17, 15) is 14.7 Å². The van der Waals surface area contributed by atoms with Gasteiger partial charge in [-0.3, -0.25) is 14.7 Å². The molecule has 0 saturated heterocycles. The van der Waals surface area contributed by atoms with Gasteiger partial charge in [-0.25, -0.2) is 4.79 Å². The second-order valence-corrected chi connectivity index (χ2v) is 10.2. The van der Waals surface area contributed by atoms with Crippen molar-refractivity contribution >= 4 is 23.3 Å². The minimum atomic E-state index is -0.378. The Labute approximate surface area is 229 Å². The molecule has 1 aliphatic heterocycles. The van der Waals surface area contributed by atoms with Crippen LogP contribution in [0.5, 0.6) is 5.75 Å². The molecule has 1 aromatic heterocycles. The minimum absolute atomic E-state index is 0.00300. The Morgan fingerprint density at radius 2 is 1.85 bits per heavy atom. The van der Waals surface area contributed by atoms with E-state index in [1.807, 2.05) is 50.4 Å². The molecule has 0 fully saturated rings. The van der Waals surface area contributed by atoms with E-state index in [1.165, 1.54) is 0 Å². The third-order valence-electron chi connectivity index (χ3n) is 6.90. The highest BCUT2D eigenvalue weighted by Gasteiger charge is 2.31. The first-order valence-corrected chi connectivity index (χ1v) is 13.2. The fraction of sp³-hybridized carbons (Fsp3) is 0.367. The number of aliphatic hydroxyl groups is 1. The normalized spacial score (nSPS) is 18.3. The fourth-order valence-corrected chi connectivity index (χ4v) is 4.71. The van der Waals surface area contributed by atoms with Gasteiger partial charge in [-0.2, -0.15) is 0 Å². The molecule has 39 heavy (non-hydrogen) atoms. The maximum absolute atomic E-state index is 13.4. The maximum atomic E-state index is 13.4. The Kier molecular flexibility index (Phi) is 9.51. The Morgan fingerprint density at radius 1 is 1.13 bits per heavy atom. The van der Waals surface area contributed by atoms with Crippen molar-refractivity contribution < 1.29 is 19.4 Å². The molecule has 0 bridgehead atoms. The number of anilines is 2. The number of nitrogens with one attached hydrogen (secondary N) is 2. The van der Waals surface area contributed by atoms with Gasteiger partial charge < -0.3 is 25.4 Å². The number of benzene rings is 2. The van der Waals surface area contributed by atoms with E-state index >= 15 is 0 Å². The topological polar surface area (TPSA) is 107 Å². The lowest BCUT2D eigenvalue weighted by molar-refractivity contribution is -0.134. The van der Waals surface area contributed by atoms with Crippen LogP contribution in [0.25, 0.3) is 0 Å². The van der Waals surface area contributed by atoms with Crippen molar-refractivity contribution in [2.75, 3.05) is 37.4 Å². The van der Waals surface area contributed by atoms with Crippen molar-refractivity contribution in [2.24, 2.45) is 5.92 Å². The molecule has 3 atom stereocenters. The first kappa shape index (κ1) is 28.1. The number of likely N-dealkylation sites (N-methyl/N-ethyl adjacent to an activating group) is 1. The molecule has 0 aliphatic carbocycles. The largest absolute Gasteiger partial charge is 0.488 e. The minimum Gasteiger partial charge on any atom is -0.488 e. The van der Waals surface area contributed by atoms with E-state index in [2.05, 4.69) is 27.4 Å². The zero-order valence-electron chi connectivity index (χ0n) is 22.7. The molecule has 206 valence electrons. The number of hydrogen-bond donors (Lipinski definition) is 3. The molecule has 3 aromatic rings. The van der Waals surface area contributed by atoms with E-state index in [1.54, 1.807) is 41.6 Å². The highest BCUT2D eigenvalue weighted by molar-refractivity contribution is 5.99. The summed E-state index contributed by atoms with van der Waals surface area (Å²) < 4.78 is 6.58. The number of amides is 3. The summed E-state index contributed by atoms with van der Waals surface area (Å²) in [6, 6.07) is 17.8. The molecule has 2 aromatic carbocycles. The molecule has 9 heteroatoms. The number of pyridine rings is 1. The summed E-state index contributed by atoms with van der Waals surface area (Å²) in [4.78, 5) is 34.0. The van der Waals surface area contributed by atoms with Gasteiger partial charge in [0.25, 0.3) is 0 Å². The summed E-state index contributed by atoms with van der Waals surface area (Å²) >= 11 is 0. The average molecular weight is 532 g/mol. The number of aliphatic hydroxyl groups excluding tert-OH is 1. The number of rotatable bonds is 8. The molecule has 1 aliphatic rings. The molecular formula is C30H37N5O4. The number of carbonyl (C=O) groups is 2. The number of urea groups is 1. The highest BCUT2D eigenvalue weighted by atomic mass is 16.5. The second kappa shape index (κ2) is 13.2. The highest BCUT2D eigenvalue weighted by Crippen LogP contribution is 2.29. The zero-order chi connectivity index (χ0) is 27.8. The lowest BCUT2D eigenvalue weighted by Crippen LogP contribution is -2.47. The second-order valence-electron chi connectivity index (χ2n) is 10.2. The Balaban J connectivity index is 1.56. The number of hydrogen-bond acceptors (Lipinski definition) is 6. The van der Waals surface area contributed by atoms with Crippen molar-refractivity contribution in [3.8, 4) is 5.75 Å². The monoisotopic (exact) mass is 531 g/mol. The van der Waals surface area contributed by atoms with Crippen molar-refractivity contribution in [1.29, 1.82) is 0 Å². The molecule has 4 rings (SSSR count). The predicted octanol–water partition coefficient (Wildman–Crippen LogP) is 4.01. The first-order valence-electron chi connectivity index (χ1n) is 13.2. The Hall–Kier alpha value is -3.95. The lowest BCUT2D eigenvalue weighted by atomic mass is 10.0. The average Bonchev–Trinajstić information content (AvgIpc) is 2.97. The summed E-state index contributed by atoms with van der Waals surface area (Å²) in [6.07, 6.45) is 3.45. The lowest BCUT2D eigenvalue weighted by Gasteiger charge is -2.34. The molecule has 2 heterocycles. The van der Waals surface area contributed by atoms with Crippen LogP contribution in [-0.4, -0.2) is 70.7 Å². The number of fused-ring (bicyclic) bond motifs is 1. The number of para-hydroxylation sites is 1. The smallest absolute Gasteiger partial charge is 0.323 e. The van der Waals surface area contributed by atoms with Gasteiger partial charge in [0.15, 0.2) is 0 Å². The SMILES string of the molecule is C[C@H](CO)N1C[C@H](C)[C@H](CN(C)Cc2ccncc2)Oc2ccc(NC(=O)Nc3ccccc3)cc2CC1=O. The molecule has 0 spiro atoms. The number of nitrogens with zero attached hydrogens (tertiary/aromatic N) is 3. The molecule has 0 saturated carbocycles. The third-order valence-corrected chi connectivity index (χ3v) is 6.90. The van der Waals surface area contributed by atoms with Crippen LogP contribution in [-0.2, 0) is 17.8 Å². The van der Waals surface area contributed by atoms with Gasteiger partial charge in [0.1, 0.15) is 11.9 Å². The van der Waals surface area contributed by atoms with E-state index in [0.29, 0.717) is 35.8 Å². The van der Waals surface area contributed by atoms with Crippen LogP contribution in [0.1, 0.15) is 25.0 Å². The molecule has 0 unspecified atom stereocenters. The van der Waals surface area contributed by atoms with Crippen molar-refractivity contribution in [1.82, 2.24) is 14.8 Å². The number of ether oxygens (including phenoxy) is 1. The van der Waals surface area contributed by atoms with E-state index in [0.717, 1.165) is 12.1 Å². The Bertz CT molecular complexity index is 1240. The molecule has 9 nitrogen and oxygen atoms in total. The van der Waals surface area contributed by atoms with E-state index in [4.69, 9.17) is 4.74 Å². The summed E-state index contributed by atoms with van der Waals surface area (Å²) in [5, 5.41) is 15.5. The van der Waals surface area contributed by atoms with Gasteiger partial charge >= 0.3 is 6.03 Å². The zero-order valence-corrected chi connectivity index (χ0v) is 22.7. The van der Waals surface area contributed by atoms with Gasteiger partial charge in [-0.15, -0.1) is 0 Å². The third kappa shape index (κ3) is 7.78. The van der Waals surface area contributed by atoms with Crippen LogP contribution in [0, 0.1) is 5.92 Å². The molecule has 3 N–H and O–H groups in total. The molecule has 0 radical (unpaired) electrons. The fourth-order valence-electron chi connectivity index (χ4n) is 4.71. The van der Waals surface area contributed by atoms with Gasteiger partial charge in [0.2, 0.25) is 5.91 Å². The number of aromatic nitrogens is 1.